The van der Waals surface area contributed by atoms with E-state index in [4.69, 9.17) is 0 Å². The Morgan fingerprint density at radius 2 is 1.53 bits per heavy atom. The fourth-order valence-corrected chi connectivity index (χ4v) is 1.90. The van der Waals surface area contributed by atoms with Crippen LogP contribution in [0.4, 0.5) is 0 Å². The summed E-state index contributed by atoms with van der Waals surface area (Å²) < 4.78 is 0. The van der Waals surface area contributed by atoms with Crippen molar-refractivity contribution in [1.82, 2.24) is 0 Å². The van der Waals surface area contributed by atoms with Crippen molar-refractivity contribution in [2.45, 2.75) is 6.10 Å². The number of aliphatic hydroxyl groups excluding tert-OH is 1. The van der Waals surface area contributed by atoms with Crippen LogP contribution in [-0.2, 0) is 0 Å². The molecule has 0 radical (unpaired) electrons. The number of rotatable bonds is 4. The van der Waals surface area contributed by atoms with E-state index < -0.39 is 19.0 Å². The van der Waals surface area contributed by atoms with Gasteiger partial charge >= 0.3 is 7.12 Å². The Labute approximate surface area is 111 Å². The van der Waals surface area contributed by atoms with E-state index >= 15 is 0 Å². The number of Topliss-reactive ketones (excluding diaryl/α,β-unsaturated/α-hetero) is 1. The van der Waals surface area contributed by atoms with Gasteiger partial charge in [-0.2, -0.15) is 0 Å². The number of benzene rings is 2. The molecule has 1 atom stereocenters. The minimum Gasteiger partial charge on any atom is -0.423 e. The van der Waals surface area contributed by atoms with E-state index in [-0.39, 0.29) is 11.0 Å². The van der Waals surface area contributed by atoms with E-state index in [0.29, 0.717) is 5.56 Å². The monoisotopic (exact) mass is 256 g/mol. The predicted octanol–water partition coefficient (Wildman–Crippen LogP) is 0.283. The van der Waals surface area contributed by atoms with Crippen LogP contribution in [0.1, 0.15) is 22.0 Å². The lowest BCUT2D eigenvalue weighted by molar-refractivity contribution is 0.0749. The van der Waals surface area contributed by atoms with E-state index in [9.17, 15) is 19.9 Å². The highest BCUT2D eigenvalue weighted by Crippen LogP contribution is 2.17. The van der Waals surface area contributed by atoms with Gasteiger partial charge in [0.05, 0.1) is 0 Å². The van der Waals surface area contributed by atoms with Crippen molar-refractivity contribution in [2.75, 3.05) is 0 Å². The number of aliphatic hydroxyl groups is 1. The molecule has 0 aliphatic rings. The van der Waals surface area contributed by atoms with Crippen LogP contribution >= 0.6 is 0 Å². The van der Waals surface area contributed by atoms with E-state index in [2.05, 4.69) is 0 Å². The summed E-state index contributed by atoms with van der Waals surface area (Å²) >= 11 is 0. The average molecular weight is 256 g/mol. The molecular weight excluding hydrogens is 243 g/mol. The average Bonchev–Trinajstić information content (AvgIpc) is 2.46. The maximum absolute atomic E-state index is 12.1. The highest BCUT2D eigenvalue weighted by molar-refractivity contribution is 6.59. The standard InChI is InChI=1S/C14H13BO4/c16-13(10-6-2-1-3-7-10)14(17)11-8-4-5-9-12(11)15(18)19/h1-9,14,17-19H. The van der Waals surface area contributed by atoms with Gasteiger partial charge in [-0.3, -0.25) is 4.79 Å². The SMILES string of the molecule is O=C(c1ccccc1)C(O)c1ccccc1B(O)O. The van der Waals surface area contributed by atoms with Crippen LogP contribution in [0.3, 0.4) is 0 Å². The number of ketones is 1. The summed E-state index contributed by atoms with van der Waals surface area (Å²) in [5.41, 5.74) is 0.697. The number of carbonyl (C=O) groups excluding carboxylic acids is 1. The van der Waals surface area contributed by atoms with Crippen LogP contribution in [0.25, 0.3) is 0 Å². The van der Waals surface area contributed by atoms with Crippen LogP contribution in [0.15, 0.2) is 54.6 Å². The maximum Gasteiger partial charge on any atom is 0.488 e. The summed E-state index contributed by atoms with van der Waals surface area (Å²) in [6.45, 7) is 0. The first-order chi connectivity index (χ1) is 9.11. The summed E-state index contributed by atoms with van der Waals surface area (Å²) in [6.07, 6.45) is -1.42. The molecule has 1 unspecified atom stereocenters. The normalized spacial score (nSPS) is 11.9. The van der Waals surface area contributed by atoms with Gasteiger partial charge in [0.15, 0.2) is 5.78 Å². The number of hydrogen-bond acceptors (Lipinski definition) is 4. The van der Waals surface area contributed by atoms with Crippen LogP contribution < -0.4 is 5.46 Å². The van der Waals surface area contributed by atoms with Crippen molar-refractivity contribution in [1.29, 1.82) is 0 Å². The van der Waals surface area contributed by atoms with Crippen molar-refractivity contribution < 1.29 is 19.9 Å². The third kappa shape index (κ3) is 2.90. The molecule has 96 valence electrons. The second-order valence-corrected chi connectivity index (χ2v) is 4.14. The second-order valence-electron chi connectivity index (χ2n) is 4.14. The molecule has 3 N–H and O–H groups in total. The topological polar surface area (TPSA) is 77.8 Å². The molecule has 2 aromatic carbocycles. The van der Waals surface area contributed by atoms with Crippen LogP contribution in [0.2, 0.25) is 0 Å². The molecule has 0 aliphatic heterocycles. The molecule has 2 rings (SSSR count). The Balaban J connectivity index is 2.35. The van der Waals surface area contributed by atoms with E-state index in [0.717, 1.165) is 0 Å². The minimum atomic E-state index is -1.73. The van der Waals surface area contributed by atoms with Gasteiger partial charge in [-0.15, -0.1) is 0 Å². The number of carbonyl (C=O) groups is 1. The Morgan fingerprint density at radius 1 is 0.947 bits per heavy atom. The zero-order chi connectivity index (χ0) is 13.8. The van der Waals surface area contributed by atoms with Gasteiger partial charge in [-0.25, -0.2) is 0 Å². The smallest absolute Gasteiger partial charge is 0.423 e. The van der Waals surface area contributed by atoms with Crippen molar-refractivity contribution in [3.8, 4) is 0 Å². The van der Waals surface area contributed by atoms with Gasteiger partial charge in [0.1, 0.15) is 6.10 Å². The fraction of sp³-hybridized carbons (Fsp3) is 0.0714. The largest absolute Gasteiger partial charge is 0.488 e. The third-order valence-electron chi connectivity index (χ3n) is 2.88. The van der Waals surface area contributed by atoms with Crippen molar-refractivity contribution in [3.05, 3.63) is 65.7 Å². The molecule has 0 aliphatic carbocycles. The van der Waals surface area contributed by atoms with Crippen LogP contribution in [-0.4, -0.2) is 28.1 Å². The molecule has 2 aromatic rings. The van der Waals surface area contributed by atoms with Gasteiger partial charge in [0, 0.05) is 5.56 Å². The molecule has 0 amide bonds. The van der Waals surface area contributed by atoms with Crippen molar-refractivity contribution >= 4 is 18.4 Å². The first-order valence-corrected chi connectivity index (χ1v) is 5.83. The summed E-state index contributed by atoms with van der Waals surface area (Å²) in [5.74, 6) is -0.478. The van der Waals surface area contributed by atoms with Crippen molar-refractivity contribution in [2.24, 2.45) is 0 Å². The predicted molar refractivity (Wildman–Crippen MR) is 72.0 cm³/mol. The molecule has 0 bridgehead atoms. The van der Waals surface area contributed by atoms with Gasteiger partial charge in [-0.1, -0.05) is 54.6 Å². The van der Waals surface area contributed by atoms with E-state index in [1.807, 2.05) is 0 Å². The first-order valence-electron chi connectivity index (χ1n) is 5.83. The molecule has 0 saturated heterocycles. The lowest BCUT2D eigenvalue weighted by Gasteiger charge is -2.14. The number of hydrogen-bond donors (Lipinski definition) is 3. The highest BCUT2D eigenvalue weighted by Gasteiger charge is 2.25. The summed E-state index contributed by atoms with van der Waals surface area (Å²) in [7, 11) is -1.73. The summed E-state index contributed by atoms with van der Waals surface area (Å²) in [5, 5.41) is 28.6. The molecule has 0 aromatic heterocycles. The van der Waals surface area contributed by atoms with E-state index in [1.54, 1.807) is 42.5 Å². The minimum absolute atomic E-state index is 0.124. The Hall–Kier alpha value is -1.95. The van der Waals surface area contributed by atoms with E-state index in [1.165, 1.54) is 12.1 Å². The van der Waals surface area contributed by atoms with Gasteiger partial charge in [-0.05, 0) is 11.0 Å². The zero-order valence-electron chi connectivity index (χ0n) is 10.1. The maximum atomic E-state index is 12.1. The third-order valence-corrected chi connectivity index (χ3v) is 2.88. The summed E-state index contributed by atoms with van der Waals surface area (Å²) in [6, 6.07) is 14.6. The zero-order valence-corrected chi connectivity index (χ0v) is 10.1. The highest BCUT2D eigenvalue weighted by atomic mass is 16.4. The Morgan fingerprint density at radius 3 is 2.16 bits per heavy atom. The van der Waals surface area contributed by atoms with Crippen LogP contribution in [0.5, 0.6) is 0 Å². The molecule has 5 heteroatoms. The lowest BCUT2D eigenvalue weighted by Crippen LogP contribution is -2.35. The molecule has 4 nitrogen and oxygen atoms in total. The molecule has 0 saturated carbocycles. The quantitative estimate of drug-likeness (QED) is 0.542. The first kappa shape index (κ1) is 13.5. The van der Waals surface area contributed by atoms with Gasteiger partial charge < -0.3 is 15.2 Å². The molecule has 0 fully saturated rings. The molecule has 0 spiro atoms. The lowest BCUT2D eigenvalue weighted by atomic mass is 9.75. The fourth-order valence-electron chi connectivity index (χ4n) is 1.90. The molecule has 19 heavy (non-hydrogen) atoms. The summed E-state index contributed by atoms with van der Waals surface area (Å²) in [4.78, 5) is 12.1. The molecule has 0 heterocycles. The molecular formula is C14H13BO4. The van der Waals surface area contributed by atoms with Crippen LogP contribution in [0, 0.1) is 0 Å². The van der Waals surface area contributed by atoms with Gasteiger partial charge in [0.25, 0.3) is 0 Å². The Kier molecular flexibility index (Phi) is 4.11. The van der Waals surface area contributed by atoms with Gasteiger partial charge in [0.2, 0.25) is 0 Å². The second kappa shape index (κ2) is 5.80. The van der Waals surface area contributed by atoms with Crippen molar-refractivity contribution in [3.63, 3.8) is 0 Å². The Bertz CT molecular complexity index is 569.